The van der Waals surface area contributed by atoms with Crippen molar-refractivity contribution in [3.63, 3.8) is 0 Å². The van der Waals surface area contributed by atoms with Crippen LogP contribution in [0.4, 0.5) is 5.82 Å². The van der Waals surface area contributed by atoms with Gasteiger partial charge in [-0.05, 0) is 44.4 Å². The summed E-state index contributed by atoms with van der Waals surface area (Å²) in [4.78, 5) is 18.1. The van der Waals surface area contributed by atoms with Crippen molar-refractivity contribution in [2.24, 2.45) is 5.92 Å². The molecule has 2 atom stereocenters. The fraction of sp³-hybridized carbons (Fsp3) is 0.571. The van der Waals surface area contributed by atoms with Gasteiger partial charge in [0.2, 0.25) is 5.91 Å². The molecule has 0 radical (unpaired) electrons. The van der Waals surface area contributed by atoms with Crippen molar-refractivity contribution in [2.75, 3.05) is 25.0 Å². The van der Waals surface area contributed by atoms with E-state index in [1.807, 2.05) is 6.92 Å². The summed E-state index contributed by atoms with van der Waals surface area (Å²) in [6.07, 6.45) is 3.22. The lowest BCUT2D eigenvalue weighted by Gasteiger charge is -2.33. The molecule has 6 heteroatoms. The Labute approximate surface area is 123 Å². The van der Waals surface area contributed by atoms with E-state index in [-0.39, 0.29) is 17.9 Å². The summed E-state index contributed by atoms with van der Waals surface area (Å²) in [5.74, 6) is 0.666. The highest BCUT2D eigenvalue weighted by Crippen LogP contribution is 2.19. The Kier molecular flexibility index (Phi) is 5.34. The Morgan fingerprint density at radius 1 is 1.65 bits per heavy atom. The third-order valence-electron chi connectivity index (χ3n) is 3.59. The van der Waals surface area contributed by atoms with Gasteiger partial charge in [0.05, 0.1) is 17.7 Å². The SMILES string of the molecule is CC(O)C1CCCN(CC(=O)Nc2ccc(Cl)cn2)C1. The number of rotatable bonds is 4. The van der Waals surface area contributed by atoms with Gasteiger partial charge in [0.1, 0.15) is 5.82 Å². The number of nitrogens with zero attached hydrogens (tertiary/aromatic N) is 2. The molecular formula is C14H20ClN3O2. The molecule has 1 aliphatic rings. The van der Waals surface area contributed by atoms with Crippen LogP contribution in [0, 0.1) is 5.92 Å². The number of amides is 1. The van der Waals surface area contributed by atoms with E-state index < -0.39 is 0 Å². The van der Waals surface area contributed by atoms with Gasteiger partial charge in [-0.25, -0.2) is 4.98 Å². The topological polar surface area (TPSA) is 65.5 Å². The minimum atomic E-state index is -0.321. The number of aliphatic hydroxyl groups is 1. The summed E-state index contributed by atoms with van der Waals surface area (Å²) >= 11 is 5.74. The van der Waals surface area contributed by atoms with Crippen molar-refractivity contribution < 1.29 is 9.90 Å². The van der Waals surface area contributed by atoms with Crippen molar-refractivity contribution in [1.82, 2.24) is 9.88 Å². The second-order valence-corrected chi connectivity index (χ2v) is 5.72. The molecule has 0 aromatic carbocycles. The lowest BCUT2D eigenvalue weighted by Crippen LogP contribution is -2.43. The van der Waals surface area contributed by atoms with Gasteiger partial charge < -0.3 is 10.4 Å². The molecule has 2 N–H and O–H groups in total. The highest BCUT2D eigenvalue weighted by molar-refractivity contribution is 6.30. The van der Waals surface area contributed by atoms with E-state index >= 15 is 0 Å². The number of carbonyl (C=O) groups excluding carboxylic acids is 1. The van der Waals surface area contributed by atoms with Gasteiger partial charge in [0, 0.05) is 12.7 Å². The highest BCUT2D eigenvalue weighted by Gasteiger charge is 2.24. The Balaban J connectivity index is 1.83. The van der Waals surface area contributed by atoms with E-state index in [0.717, 1.165) is 25.9 Å². The fourth-order valence-electron chi connectivity index (χ4n) is 2.46. The Hall–Kier alpha value is -1.17. The molecule has 1 aliphatic heterocycles. The van der Waals surface area contributed by atoms with E-state index in [9.17, 15) is 9.90 Å². The molecule has 5 nitrogen and oxygen atoms in total. The number of hydrogen-bond acceptors (Lipinski definition) is 4. The summed E-state index contributed by atoms with van der Waals surface area (Å²) in [6, 6.07) is 3.36. The number of piperidine rings is 1. The molecule has 2 heterocycles. The number of carbonyl (C=O) groups is 1. The molecule has 0 saturated carbocycles. The summed E-state index contributed by atoms with van der Waals surface area (Å²) in [7, 11) is 0. The molecule has 20 heavy (non-hydrogen) atoms. The lowest BCUT2D eigenvalue weighted by molar-refractivity contribution is -0.118. The molecule has 2 unspecified atom stereocenters. The fourth-order valence-corrected chi connectivity index (χ4v) is 2.58. The number of anilines is 1. The average molecular weight is 298 g/mol. The van der Waals surface area contributed by atoms with E-state index in [2.05, 4.69) is 15.2 Å². The summed E-state index contributed by atoms with van der Waals surface area (Å²) in [5, 5.41) is 12.9. The largest absolute Gasteiger partial charge is 0.393 e. The quantitative estimate of drug-likeness (QED) is 0.889. The average Bonchev–Trinajstić information content (AvgIpc) is 2.41. The molecule has 0 spiro atoms. The van der Waals surface area contributed by atoms with E-state index in [1.54, 1.807) is 12.1 Å². The van der Waals surface area contributed by atoms with Gasteiger partial charge in [-0.1, -0.05) is 11.6 Å². The highest BCUT2D eigenvalue weighted by atomic mass is 35.5. The zero-order chi connectivity index (χ0) is 14.5. The third-order valence-corrected chi connectivity index (χ3v) is 3.81. The maximum Gasteiger partial charge on any atom is 0.239 e. The molecule has 1 aromatic heterocycles. The number of nitrogens with one attached hydrogen (secondary N) is 1. The molecule has 1 saturated heterocycles. The van der Waals surface area contributed by atoms with Crippen LogP contribution < -0.4 is 5.32 Å². The molecule has 0 bridgehead atoms. The smallest absolute Gasteiger partial charge is 0.239 e. The predicted molar refractivity (Wildman–Crippen MR) is 78.7 cm³/mol. The first-order valence-corrected chi connectivity index (χ1v) is 7.24. The van der Waals surface area contributed by atoms with Crippen LogP contribution in [-0.2, 0) is 4.79 Å². The van der Waals surface area contributed by atoms with E-state index in [1.165, 1.54) is 6.20 Å². The Morgan fingerprint density at radius 2 is 2.45 bits per heavy atom. The van der Waals surface area contributed by atoms with Crippen molar-refractivity contribution in [2.45, 2.75) is 25.9 Å². The van der Waals surface area contributed by atoms with Gasteiger partial charge in [-0.2, -0.15) is 0 Å². The number of hydrogen-bond donors (Lipinski definition) is 2. The maximum absolute atomic E-state index is 12.0. The normalized spacial score (nSPS) is 21.4. The number of pyridine rings is 1. The zero-order valence-electron chi connectivity index (χ0n) is 11.6. The van der Waals surface area contributed by atoms with E-state index in [4.69, 9.17) is 11.6 Å². The Bertz CT molecular complexity index is 450. The summed E-state index contributed by atoms with van der Waals surface area (Å²) in [6.45, 7) is 3.79. The van der Waals surface area contributed by atoms with Crippen molar-refractivity contribution in [3.8, 4) is 0 Å². The van der Waals surface area contributed by atoms with Crippen LogP contribution in [0.1, 0.15) is 19.8 Å². The summed E-state index contributed by atoms with van der Waals surface area (Å²) < 4.78 is 0. The molecule has 1 aromatic rings. The van der Waals surface area contributed by atoms with Crippen LogP contribution in [0.2, 0.25) is 5.02 Å². The number of aromatic nitrogens is 1. The minimum Gasteiger partial charge on any atom is -0.393 e. The van der Waals surface area contributed by atoms with Crippen LogP contribution in [0.25, 0.3) is 0 Å². The number of likely N-dealkylation sites (tertiary alicyclic amines) is 1. The first-order chi connectivity index (χ1) is 9.54. The molecule has 0 aliphatic carbocycles. The van der Waals surface area contributed by atoms with Crippen LogP contribution in [0.15, 0.2) is 18.3 Å². The second kappa shape index (κ2) is 7.02. The van der Waals surface area contributed by atoms with Gasteiger partial charge >= 0.3 is 0 Å². The molecular weight excluding hydrogens is 278 g/mol. The zero-order valence-corrected chi connectivity index (χ0v) is 12.3. The first kappa shape index (κ1) is 15.2. The van der Waals surface area contributed by atoms with Crippen LogP contribution in [0.5, 0.6) is 0 Å². The van der Waals surface area contributed by atoms with Crippen LogP contribution >= 0.6 is 11.6 Å². The second-order valence-electron chi connectivity index (χ2n) is 5.29. The van der Waals surface area contributed by atoms with Crippen molar-refractivity contribution in [3.05, 3.63) is 23.4 Å². The first-order valence-electron chi connectivity index (χ1n) is 6.86. The van der Waals surface area contributed by atoms with Gasteiger partial charge in [0.25, 0.3) is 0 Å². The summed E-state index contributed by atoms with van der Waals surface area (Å²) in [5.41, 5.74) is 0. The Morgan fingerprint density at radius 3 is 3.10 bits per heavy atom. The standard InChI is InChI=1S/C14H20ClN3O2/c1-10(19)11-3-2-6-18(8-11)9-14(20)17-13-5-4-12(15)7-16-13/h4-5,7,10-11,19H,2-3,6,8-9H2,1H3,(H,16,17,20). The van der Waals surface area contributed by atoms with Crippen molar-refractivity contribution >= 4 is 23.3 Å². The van der Waals surface area contributed by atoms with Gasteiger partial charge in [-0.3, -0.25) is 9.69 Å². The predicted octanol–water partition coefficient (Wildman–Crippen LogP) is 1.77. The van der Waals surface area contributed by atoms with Crippen LogP contribution in [-0.4, -0.2) is 46.6 Å². The van der Waals surface area contributed by atoms with Gasteiger partial charge in [0.15, 0.2) is 0 Å². The van der Waals surface area contributed by atoms with E-state index in [0.29, 0.717) is 17.4 Å². The molecule has 2 rings (SSSR count). The minimum absolute atomic E-state index is 0.0916. The molecule has 1 fully saturated rings. The maximum atomic E-state index is 12.0. The van der Waals surface area contributed by atoms with Crippen molar-refractivity contribution in [1.29, 1.82) is 0 Å². The van der Waals surface area contributed by atoms with Crippen LogP contribution in [0.3, 0.4) is 0 Å². The number of aliphatic hydroxyl groups excluding tert-OH is 1. The molecule has 1 amide bonds. The van der Waals surface area contributed by atoms with Gasteiger partial charge in [-0.15, -0.1) is 0 Å². The molecule has 110 valence electrons. The monoisotopic (exact) mass is 297 g/mol. The number of halogens is 1. The lowest BCUT2D eigenvalue weighted by atomic mass is 9.93. The third kappa shape index (κ3) is 4.44.